The van der Waals surface area contributed by atoms with Crippen molar-refractivity contribution in [3.8, 4) is 0 Å². The van der Waals surface area contributed by atoms with Gasteiger partial charge in [-0.1, -0.05) is 6.92 Å². The Balaban J connectivity index is -0.0000000150. The van der Waals surface area contributed by atoms with E-state index in [1.807, 2.05) is 6.92 Å². The average Bonchev–Trinajstić information content (AvgIpc) is 1.37. The van der Waals surface area contributed by atoms with Gasteiger partial charge in [0, 0.05) is 6.42 Å². The molecule has 5 heavy (non-hydrogen) atoms. The standard InChI is InChI=1S/C3H6O.Ba.2H/c1-2-3-4;;;/h3H,2H2,1H3;;;/q;+2;2*-1. The van der Waals surface area contributed by atoms with E-state index in [0.29, 0.717) is 6.42 Å². The number of carbonyl (C=O) groups excluding carboxylic acids is 1. The summed E-state index contributed by atoms with van der Waals surface area (Å²) in [5.74, 6) is 0. The van der Waals surface area contributed by atoms with Gasteiger partial charge in [-0.3, -0.25) is 0 Å². The first-order valence-electron chi connectivity index (χ1n) is 1.35. The van der Waals surface area contributed by atoms with Gasteiger partial charge in [-0.25, -0.2) is 0 Å². The Morgan fingerprint density at radius 3 is 2.20 bits per heavy atom. The van der Waals surface area contributed by atoms with Crippen LogP contribution in [0.3, 0.4) is 0 Å². The zero-order valence-corrected chi connectivity index (χ0v) is 7.84. The van der Waals surface area contributed by atoms with Crippen LogP contribution in [-0.4, -0.2) is 55.2 Å². The zero-order chi connectivity index (χ0) is 3.41. The predicted molar refractivity (Wildman–Crippen MR) is 24.3 cm³/mol. The first-order chi connectivity index (χ1) is 1.91. The molecule has 0 aliphatic carbocycles. The van der Waals surface area contributed by atoms with Crippen molar-refractivity contribution in [3.63, 3.8) is 0 Å². The van der Waals surface area contributed by atoms with Gasteiger partial charge in [-0.2, -0.15) is 0 Å². The van der Waals surface area contributed by atoms with Crippen LogP contribution in [0.2, 0.25) is 0 Å². The van der Waals surface area contributed by atoms with Crippen LogP contribution < -0.4 is 0 Å². The second kappa shape index (κ2) is 8.97. The summed E-state index contributed by atoms with van der Waals surface area (Å²) in [6.07, 6.45) is 1.51. The zero-order valence-electron chi connectivity index (χ0n) is 5.40. The van der Waals surface area contributed by atoms with E-state index in [2.05, 4.69) is 0 Å². The van der Waals surface area contributed by atoms with Crippen molar-refractivity contribution in [2.45, 2.75) is 13.3 Å². The molecule has 0 aromatic rings. The van der Waals surface area contributed by atoms with Gasteiger partial charge in [0.05, 0.1) is 0 Å². The molecule has 0 unspecified atom stereocenters. The summed E-state index contributed by atoms with van der Waals surface area (Å²) >= 11 is 0. The van der Waals surface area contributed by atoms with E-state index in [0.717, 1.165) is 6.29 Å². The molecule has 0 aromatic heterocycles. The van der Waals surface area contributed by atoms with Crippen LogP contribution in [0.15, 0.2) is 0 Å². The van der Waals surface area contributed by atoms with Gasteiger partial charge >= 0.3 is 48.9 Å². The quantitative estimate of drug-likeness (QED) is 0.440. The maximum Gasteiger partial charge on any atom is 2.00 e. The molecule has 0 radical (unpaired) electrons. The molecule has 0 aliphatic heterocycles. The molecule has 0 N–H and O–H groups in total. The summed E-state index contributed by atoms with van der Waals surface area (Å²) in [6, 6.07) is 0. The number of hydrogen-bond donors (Lipinski definition) is 0. The van der Waals surface area contributed by atoms with Gasteiger partial charge < -0.3 is 7.65 Å². The molecule has 28 valence electrons. The van der Waals surface area contributed by atoms with E-state index in [4.69, 9.17) is 0 Å². The van der Waals surface area contributed by atoms with Gasteiger partial charge in [-0.15, -0.1) is 0 Å². The maximum atomic E-state index is 9.17. The third-order valence-corrected chi connectivity index (χ3v) is 0.167. The summed E-state index contributed by atoms with van der Waals surface area (Å²) in [7, 11) is 0. The van der Waals surface area contributed by atoms with Crippen LogP contribution in [0.4, 0.5) is 0 Å². The summed E-state index contributed by atoms with van der Waals surface area (Å²) in [6.45, 7) is 1.81. The fourth-order valence-corrected chi connectivity index (χ4v) is 0. The van der Waals surface area contributed by atoms with E-state index in [1.54, 1.807) is 0 Å². The van der Waals surface area contributed by atoms with Crippen molar-refractivity contribution in [2.24, 2.45) is 0 Å². The first-order valence-corrected chi connectivity index (χ1v) is 1.35. The molecule has 0 saturated carbocycles. The van der Waals surface area contributed by atoms with Crippen LogP contribution in [0.25, 0.3) is 0 Å². The van der Waals surface area contributed by atoms with Crippen molar-refractivity contribution < 1.29 is 7.65 Å². The van der Waals surface area contributed by atoms with E-state index < -0.39 is 0 Å². The Morgan fingerprint density at radius 2 is 2.20 bits per heavy atom. The Labute approximate surface area is 75.2 Å². The SMILES string of the molecule is CCC=O.[Ba+2].[H-].[H-]. The molecular weight excluding hydrogens is 189 g/mol. The monoisotopic (exact) mass is 198 g/mol. The van der Waals surface area contributed by atoms with Gasteiger partial charge in [-0.05, 0) is 0 Å². The molecule has 0 atom stereocenters. The first kappa shape index (κ1) is 9.53. The number of hydrogen-bond acceptors (Lipinski definition) is 1. The van der Waals surface area contributed by atoms with E-state index in [1.165, 1.54) is 0 Å². The van der Waals surface area contributed by atoms with Gasteiger partial charge in [0.1, 0.15) is 6.29 Å². The van der Waals surface area contributed by atoms with Crippen LogP contribution in [-0.2, 0) is 4.79 Å². The van der Waals surface area contributed by atoms with Gasteiger partial charge in [0.25, 0.3) is 0 Å². The summed E-state index contributed by atoms with van der Waals surface area (Å²) in [5.41, 5.74) is 0. The molecule has 0 aromatic carbocycles. The van der Waals surface area contributed by atoms with Crippen molar-refractivity contribution in [2.75, 3.05) is 0 Å². The predicted octanol–water partition coefficient (Wildman–Crippen LogP) is 0.439. The fraction of sp³-hybridized carbons (Fsp3) is 0.667. The summed E-state index contributed by atoms with van der Waals surface area (Å²) in [4.78, 5) is 9.17. The maximum absolute atomic E-state index is 9.17. The van der Waals surface area contributed by atoms with E-state index in [9.17, 15) is 4.79 Å². The van der Waals surface area contributed by atoms with Crippen molar-refractivity contribution >= 4 is 55.2 Å². The molecular formula is C3H8BaO. The van der Waals surface area contributed by atoms with Crippen LogP contribution in [0.1, 0.15) is 16.2 Å². The normalized spacial score (nSPS) is 5.00. The smallest absolute Gasteiger partial charge is 1.00 e. The molecule has 0 aliphatic rings. The minimum atomic E-state index is 0. The molecule has 0 amide bonds. The third-order valence-electron chi connectivity index (χ3n) is 0.167. The number of rotatable bonds is 1. The van der Waals surface area contributed by atoms with Crippen molar-refractivity contribution in [1.82, 2.24) is 0 Å². The molecule has 1 nitrogen and oxygen atoms in total. The Kier molecular flexibility index (Phi) is 17.1. The Morgan fingerprint density at radius 1 is 2.00 bits per heavy atom. The fourth-order valence-electron chi connectivity index (χ4n) is 0. The Hall–Kier alpha value is 1.24. The van der Waals surface area contributed by atoms with Gasteiger partial charge in [0.2, 0.25) is 0 Å². The summed E-state index contributed by atoms with van der Waals surface area (Å²) < 4.78 is 0. The number of aldehydes is 1. The molecule has 0 fully saturated rings. The van der Waals surface area contributed by atoms with Crippen molar-refractivity contribution in [1.29, 1.82) is 0 Å². The second-order valence-electron chi connectivity index (χ2n) is 0.575. The molecule has 0 spiro atoms. The van der Waals surface area contributed by atoms with E-state index >= 15 is 0 Å². The average molecular weight is 197 g/mol. The van der Waals surface area contributed by atoms with Crippen LogP contribution in [0.5, 0.6) is 0 Å². The van der Waals surface area contributed by atoms with Crippen LogP contribution >= 0.6 is 0 Å². The third kappa shape index (κ3) is 11.0. The molecule has 0 saturated heterocycles. The minimum absolute atomic E-state index is 0. The Bertz CT molecular complexity index is 26.9. The van der Waals surface area contributed by atoms with Crippen molar-refractivity contribution in [3.05, 3.63) is 0 Å². The molecule has 0 bridgehead atoms. The number of carbonyl (C=O) groups is 1. The minimum Gasteiger partial charge on any atom is -1.00 e. The second-order valence-corrected chi connectivity index (χ2v) is 0.575. The molecule has 2 heteroatoms. The topological polar surface area (TPSA) is 17.1 Å². The largest absolute Gasteiger partial charge is 2.00 e. The van der Waals surface area contributed by atoms with Gasteiger partial charge in [0.15, 0.2) is 0 Å². The summed E-state index contributed by atoms with van der Waals surface area (Å²) in [5, 5.41) is 0. The molecule has 0 heterocycles. The molecule has 0 rings (SSSR count). The van der Waals surface area contributed by atoms with Crippen LogP contribution in [0, 0.1) is 0 Å². The van der Waals surface area contributed by atoms with E-state index in [-0.39, 0.29) is 51.7 Å².